The molecule has 55 heavy (non-hydrogen) atoms. The average Bonchev–Trinajstić information content (AvgIpc) is 2.96. The first-order chi connectivity index (χ1) is 23.9. The van der Waals surface area contributed by atoms with Crippen molar-refractivity contribution in [2.75, 3.05) is 0 Å². The molecule has 0 bridgehead atoms. The third-order valence-corrected chi connectivity index (χ3v) is 9.31. The largest absolute Gasteiger partial charge is 0.795 e. The molecule has 5 nitrogen and oxygen atoms in total. The van der Waals surface area contributed by atoms with Gasteiger partial charge in [-0.2, -0.15) is 26.3 Å². The molecule has 1 aliphatic rings. The molecule has 2 N–H and O–H groups in total. The first kappa shape index (κ1) is 50.2. The molecule has 1 radical (unpaired) electrons. The van der Waals surface area contributed by atoms with E-state index in [1.807, 2.05) is 12.4 Å². The molecule has 15 heteroatoms. The van der Waals surface area contributed by atoms with E-state index in [1.165, 1.54) is 11.1 Å². The van der Waals surface area contributed by atoms with Crippen molar-refractivity contribution in [1.29, 1.82) is 0 Å². The maximum Gasteiger partial charge on any atom is 0.436 e. The number of aromatic hydroxyl groups is 2. The van der Waals surface area contributed by atoms with E-state index in [4.69, 9.17) is 9.98 Å². The molecular formula is C40H54F9MnN2O3-. The monoisotopic (exact) mass is 836 g/mol. The van der Waals surface area contributed by atoms with E-state index >= 15 is 0 Å². The molecule has 1 fully saturated rings. The zero-order valence-corrected chi connectivity index (χ0v) is 34.6. The second kappa shape index (κ2) is 17.0. The van der Waals surface area contributed by atoms with Gasteiger partial charge in [0, 0.05) is 51.8 Å². The van der Waals surface area contributed by atoms with Crippen molar-refractivity contribution in [2.45, 2.75) is 167 Å². The predicted octanol–water partition coefficient (Wildman–Crippen LogP) is 10.9. The summed E-state index contributed by atoms with van der Waals surface area (Å²) in [6.07, 6.45) is -13.0. The van der Waals surface area contributed by atoms with Crippen LogP contribution >= 0.6 is 0 Å². The summed E-state index contributed by atoms with van der Waals surface area (Å²) < 4.78 is 103. The Labute approximate surface area is 329 Å². The molecule has 2 aromatic rings. The van der Waals surface area contributed by atoms with Gasteiger partial charge in [0.05, 0.1) is 12.1 Å². The van der Waals surface area contributed by atoms with Gasteiger partial charge in [0.2, 0.25) is 6.11 Å². The second-order valence-electron chi connectivity index (χ2n) is 18.1. The molecule has 1 saturated carbocycles. The summed E-state index contributed by atoms with van der Waals surface area (Å²) in [5.74, 6) is 0.637. The van der Waals surface area contributed by atoms with Gasteiger partial charge in [0.25, 0.3) is 0 Å². The zero-order valence-electron chi connectivity index (χ0n) is 33.4. The molecule has 3 rings (SSSR count). The molecular weight excluding hydrogens is 782 g/mol. The van der Waals surface area contributed by atoms with Crippen LogP contribution in [0.1, 0.15) is 142 Å². The molecule has 0 amide bonds. The SMILES string of the molecule is CC(C)(C)c1cc(C=NC2CCCCC2N=Cc2cc(C(C)(C)C)cc(C(C)(C)C)c2O)c(O)c(C(C)(C)C)c1.[Mn].[O-]C(F)(F)C(F)(C(F)(F)F)C(F)(F)F. The van der Waals surface area contributed by atoms with Gasteiger partial charge >= 0.3 is 18.0 Å². The molecule has 0 saturated heterocycles. The maximum absolute atomic E-state index is 12.0. The summed E-state index contributed by atoms with van der Waals surface area (Å²) in [5.41, 5.74) is -1.68. The van der Waals surface area contributed by atoms with Crippen LogP contribution < -0.4 is 5.11 Å². The van der Waals surface area contributed by atoms with Gasteiger partial charge < -0.3 is 15.3 Å². The molecule has 2 atom stereocenters. The van der Waals surface area contributed by atoms with Gasteiger partial charge in [0.1, 0.15) is 11.5 Å². The van der Waals surface area contributed by atoms with Crippen LogP contribution in [0.25, 0.3) is 0 Å². The summed E-state index contributed by atoms with van der Waals surface area (Å²) in [4.78, 5) is 10.1. The first-order valence-corrected chi connectivity index (χ1v) is 17.7. The van der Waals surface area contributed by atoms with E-state index in [0.29, 0.717) is 11.5 Å². The number of benzene rings is 2. The van der Waals surface area contributed by atoms with E-state index in [1.54, 1.807) is 0 Å². The first-order valence-electron chi connectivity index (χ1n) is 17.7. The number of hydrogen-bond acceptors (Lipinski definition) is 5. The summed E-state index contributed by atoms with van der Waals surface area (Å²) in [5, 5.41) is 31.7. The summed E-state index contributed by atoms with van der Waals surface area (Å²) in [7, 11) is 0. The van der Waals surface area contributed by atoms with Crippen LogP contribution in [0.4, 0.5) is 39.5 Å². The van der Waals surface area contributed by atoms with Gasteiger partial charge in [-0.05, 0) is 57.8 Å². The third-order valence-electron chi connectivity index (χ3n) is 9.31. The minimum Gasteiger partial charge on any atom is -0.795 e. The van der Waals surface area contributed by atoms with E-state index in [9.17, 15) is 54.8 Å². The summed E-state index contributed by atoms with van der Waals surface area (Å²) >= 11 is 0. The number of hydrogen-bond donors (Lipinski definition) is 2. The Morgan fingerprint density at radius 3 is 1.04 bits per heavy atom. The average molecular weight is 837 g/mol. The molecule has 0 heterocycles. The Morgan fingerprint density at radius 1 is 0.545 bits per heavy atom. The van der Waals surface area contributed by atoms with Gasteiger partial charge in [-0.25, -0.2) is 13.2 Å². The van der Waals surface area contributed by atoms with Gasteiger partial charge in [-0.1, -0.05) is 108 Å². The number of halogens is 9. The molecule has 2 aromatic carbocycles. The number of phenolic OH excluding ortho intramolecular Hbond substituents is 2. The number of nitrogens with zero attached hydrogens (tertiary/aromatic N) is 2. The fraction of sp³-hybridized carbons (Fsp3) is 0.650. The van der Waals surface area contributed by atoms with E-state index < -0.39 is 24.1 Å². The van der Waals surface area contributed by atoms with Crippen molar-refractivity contribution >= 4 is 12.4 Å². The number of rotatable bonds is 5. The zero-order chi connectivity index (χ0) is 42.3. The topological polar surface area (TPSA) is 88.2 Å². The Balaban J connectivity index is 0.000000857. The molecule has 1 aliphatic carbocycles. The van der Waals surface area contributed by atoms with Crippen LogP contribution in [0, 0.1) is 0 Å². The Bertz CT molecular complexity index is 1530. The van der Waals surface area contributed by atoms with Crippen LogP contribution in [0.5, 0.6) is 11.5 Å². The third kappa shape index (κ3) is 12.1. The molecule has 0 spiro atoms. The van der Waals surface area contributed by atoms with Gasteiger partial charge in [0.15, 0.2) is 0 Å². The minimum atomic E-state index is -7.08. The smallest absolute Gasteiger partial charge is 0.436 e. The second-order valence-corrected chi connectivity index (χ2v) is 18.1. The van der Waals surface area contributed by atoms with Crippen LogP contribution in [0.15, 0.2) is 34.3 Å². The number of alkyl halides is 9. The van der Waals surface area contributed by atoms with Crippen molar-refractivity contribution in [2.24, 2.45) is 9.98 Å². The normalized spacial score (nSPS) is 18.3. The van der Waals surface area contributed by atoms with Gasteiger partial charge in [-0.15, -0.1) is 0 Å². The van der Waals surface area contributed by atoms with Crippen LogP contribution in [0.3, 0.4) is 0 Å². The quantitative estimate of drug-likeness (QED) is 0.179. The molecule has 0 aromatic heterocycles. The van der Waals surface area contributed by atoms with Crippen LogP contribution in [-0.2, 0) is 38.7 Å². The van der Waals surface area contributed by atoms with E-state index in [0.717, 1.165) is 47.9 Å². The van der Waals surface area contributed by atoms with Crippen LogP contribution in [0.2, 0.25) is 0 Å². The predicted molar refractivity (Wildman–Crippen MR) is 193 cm³/mol. The van der Waals surface area contributed by atoms with Crippen molar-refractivity contribution in [3.8, 4) is 11.5 Å². The Morgan fingerprint density at radius 2 is 0.836 bits per heavy atom. The number of aliphatic imine (C=N–C) groups is 2. The molecule has 2 unspecified atom stereocenters. The van der Waals surface area contributed by atoms with Crippen molar-refractivity contribution < 1.29 is 71.9 Å². The minimum absolute atomic E-state index is 0. The fourth-order valence-corrected chi connectivity index (χ4v) is 5.80. The summed E-state index contributed by atoms with van der Waals surface area (Å²) in [6, 6.07) is 8.53. The van der Waals surface area contributed by atoms with Gasteiger partial charge in [-0.3, -0.25) is 9.98 Å². The Kier molecular flexibility index (Phi) is 15.5. The summed E-state index contributed by atoms with van der Waals surface area (Å²) in [6.45, 7) is 26.0. The van der Waals surface area contributed by atoms with Crippen LogP contribution in [-0.4, -0.2) is 58.9 Å². The van der Waals surface area contributed by atoms with Crippen molar-refractivity contribution in [1.82, 2.24) is 0 Å². The maximum atomic E-state index is 12.0. The molecule has 313 valence electrons. The van der Waals surface area contributed by atoms with Crippen molar-refractivity contribution in [3.63, 3.8) is 0 Å². The number of phenols is 2. The van der Waals surface area contributed by atoms with E-state index in [2.05, 4.69) is 107 Å². The van der Waals surface area contributed by atoms with Crippen molar-refractivity contribution in [3.05, 3.63) is 57.6 Å². The Hall–Kier alpha value is -2.77. The van der Waals surface area contributed by atoms with E-state index in [-0.39, 0.29) is 50.8 Å². The molecule has 0 aliphatic heterocycles. The fourth-order valence-electron chi connectivity index (χ4n) is 5.80. The standard InChI is InChI=1S/C36H54N2O2.C4F9O.Mn/c1-33(2,3)25-17-23(31(39)27(19-25)35(7,8)9)21-37-29-15-13-14-16-30(29)38-22-24-18-26(34(4,5)6)20-28(32(24)40)36(10,11)12;5-1(2(6,7)8,3(9,10)11)4(12,13)14;/h17-22,29-30,39-40H,13-16H2,1-12H3;;/q;-1;.